The van der Waals surface area contributed by atoms with Gasteiger partial charge in [0.15, 0.2) is 0 Å². The molecule has 2 aliphatic heterocycles. The number of anilines is 1. The summed E-state index contributed by atoms with van der Waals surface area (Å²) in [6, 6.07) is 2.23. The summed E-state index contributed by atoms with van der Waals surface area (Å²) in [5, 5.41) is 2.87. The lowest BCUT2D eigenvalue weighted by Crippen LogP contribution is -2.52. The molecular formula is C11H14BrN5O. The van der Waals surface area contributed by atoms with Gasteiger partial charge in [-0.2, -0.15) is 0 Å². The molecule has 3 rings (SSSR count). The number of urea groups is 1. The number of rotatable bonds is 1. The lowest BCUT2D eigenvalue weighted by molar-refractivity contribution is 0.197. The first-order chi connectivity index (χ1) is 8.63. The number of carbonyl (C=O) groups is 1. The van der Waals surface area contributed by atoms with Crippen molar-refractivity contribution in [1.82, 2.24) is 20.2 Å². The third-order valence-electron chi connectivity index (χ3n) is 3.35. The summed E-state index contributed by atoms with van der Waals surface area (Å²) in [5.41, 5.74) is 0. The Morgan fingerprint density at radius 3 is 3.06 bits per heavy atom. The largest absolute Gasteiger partial charge is 0.353 e. The predicted octanol–water partition coefficient (Wildman–Crippen LogP) is 0.761. The monoisotopic (exact) mass is 311 g/mol. The SMILES string of the molecule is Cc1nc(Br)cc(N2CCN3C(=O)NCC3C2)n1. The Bertz CT molecular complexity index is 474. The van der Waals surface area contributed by atoms with Crippen molar-refractivity contribution in [2.75, 3.05) is 31.1 Å². The number of aryl methyl sites for hydroxylation is 1. The molecule has 0 bridgehead atoms. The first-order valence-electron chi connectivity index (χ1n) is 5.94. The molecular weight excluding hydrogens is 298 g/mol. The fraction of sp³-hybridized carbons (Fsp3) is 0.545. The van der Waals surface area contributed by atoms with Crippen LogP contribution < -0.4 is 10.2 Å². The number of fused-ring (bicyclic) bond motifs is 1. The van der Waals surface area contributed by atoms with Gasteiger partial charge in [0.25, 0.3) is 0 Å². The van der Waals surface area contributed by atoms with E-state index in [2.05, 4.69) is 36.1 Å². The van der Waals surface area contributed by atoms with Crippen molar-refractivity contribution in [2.24, 2.45) is 0 Å². The Labute approximate surface area is 114 Å². The van der Waals surface area contributed by atoms with Crippen LogP contribution in [0.4, 0.5) is 10.6 Å². The third-order valence-corrected chi connectivity index (χ3v) is 3.76. The van der Waals surface area contributed by atoms with E-state index in [1.807, 2.05) is 17.9 Å². The Morgan fingerprint density at radius 2 is 2.28 bits per heavy atom. The van der Waals surface area contributed by atoms with Gasteiger partial charge >= 0.3 is 6.03 Å². The average molecular weight is 312 g/mol. The molecule has 0 radical (unpaired) electrons. The van der Waals surface area contributed by atoms with E-state index in [1.54, 1.807) is 0 Å². The van der Waals surface area contributed by atoms with Crippen LogP contribution >= 0.6 is 15.9 Å². The van der Waals surface area contributed by atoms with Crippen molar-refractivity contribution >= 4 is 27.8 Å². The third kappa shape index (κ3) is 2.03. The van der Waals surface area contributed by atoms with Crippen molar-refractivity contribution in [2.45, 2.75) is 13.0 Å². The van der Waals surface area contributed by atoms with E-state index in [0.717, 1.165) is 42.4 Å². The molecule has 6 nitrogen and oxygen atoms in total. The highest BCUT2D eigenvalue weighted by Crippen LogP contribution is 2.21. The Balaban J connectivity index is 1.80. The van der Waals surface area contributed by atoms with E-state index >= 15 is 0 Å². The quantitative estimate of drug-likeness (QED) is 0.778. The van der Waals surface area contributed by atoms with Crippen molar-refractivity contribution in [1.29, 1.82) is 0 Å². The van der Waals surface area contributed by atoms with Gasteiger partial charge in [0.05, 0.1) is 6.04 Å². The number of aromatic nitrogens is 2. The van der Waals surface area contributed by atoms with Crippen LogP contribution in [0.2, 0.25) is 0 Å². The van der Waals surface area contributed by atoms with Crippen LogP contribution in [-0.4, -0.2) is 53.1 Å². The Morgan fingerprint density at radius 1 is 1.44 bits per heavy atom. The summed E-state index contributed by atoms with van der Waals surface area (Å²) in [6.45, 7) is 4.98. The van der Waals surface area contributed by atoms with E-state index in [9.17, 15) is 4.79 Å². The number of hydrogen-bond acceptors (Lipinski definition) is 4. The van der Waals surface area contributed by atoms with Gasteiger partial charge in [-0.1, -0.05) is 0 Å². The normalized spacial score (nSPS) is 23.0. The maximum absolute atomic E-state index is 11.5. The number of nitrogens with one attached hydrogen (secondary N) is 1. The number of halogens is 1. The molecule has 1 aromatic rings. The van der Waals surface area contributed by atoms with E-state index in [4.69, 9.17) is 0 Å². The van der Waals surface area contributed by atoms with Gasteiger partial charge in [0, 0.05) is 32.2 Å². The lowest BCUT2D eigenvalue weighted by Gasteiger charge is -2.37. The molecule has 96 valence electrons. The van der Waals surface area contributed by atoms with Gasteiger partial charge in [-0.3, -0.25) is 0 Å². The zero-order chi connectivity index (χ0) is 12.7. The molecule has 7 heteroatoms. The smallest absolute Gasteiger partial charge is 0.317 e. The van der Waals surface area contributed by atoms with Crippen LogP contribution in [0.1, 0.15) is 5.82 Å². The standard InChI is InChI=1S/C11H14BrN5O/c1-7-14-9(12)4-10(15-7)16-2-3-17-8(6-16)5-13-11(17)18/h4,8H,2-3,5-6H2,1H3,(H,13,18). The Hall–Kier alpha value is -1.37. The zero-order valence-corrected chi connectivity index (χ0v) is 11.6. The van der Waals surface area contributed by atoms with Crippen LogP contribution in [0.5, 0.6) is 0 Å². The molecule has 0 aromatic carbocycles. The molecule has 0 spiro atoms. The highest BCUT2D eigenvalue weighted by molar-refractivity contribution is 9.10. The fourth-order valence-corrected chi connectivity index (χ4v) is 2.95. The van der Waals surface area contributed by atoms with E-state index in [0.29, 0.717) is 0 Å². The summed E-state index contributed by atoms with van der Waals surface area (Å²) in [7, 11) is 0. The minimum atomic E-state index is 0.0553. The molecule has 2 amide bonds. The summed E-state index contributed by atoms with van der Waals surface area (Å²) in [5.74, 6) is 1.68. The van der Waals surface area contributed by atoms with Crippen LogP contribution in [0.3, 0.4) is 0 Å². The number of nitrogens with zero attached hydrogens (tertiary/aromatic N) is 4. The van der Waals surface area contributed by atoms with Gasteiger partial charge in [-0.25, -0.2) is 14.8 Å². The van der Waals surface area contributed by atoms with Crippen molar-refractivity contribution < 1.29 is 4.79 Å². The molecule has 1 N–H and O–H groups in total. The molecule has 1 atom stereocenters. The van der Waals surface area contributed by atoms with Crippen LogP contribution in [0, 0.1) is 6.92 Å². The van der Waals surface area contributed by atoms with E-state index in [-0.39, 0.29) is 12.1 Å². The van der Waals surface area contributed by atoms with Gasteiger partial charge in [-0.05, 0) is 22.9 Å². The van der Waals surface area contributed by atoms with Crippen molar-refractivity contribution in [3.8, 4) is 0 Å². The van der Waals surface area contributed by atoms with Crippen LogP contribution in [0.25, 0.3) is 0 Å². The summed E-state index contributed by atoms with van der Waals surface area (Å²) < 4.78 is 0.799. The van der Waals surface area contributed by atoms with E-state index in [1.165, 1.54) is 0 Å². The topological polar surface area (TPSA) is 61.4 Å². The van der Waals surface area contributed by atoms with Gasteiger partial charge in [0.2, 0.25) is 0 Å². The van der Waals surface area contributed by atoms with E-state index < -0.39 is 0 Å². The maximum Gasteiger partial charge on any atom is 0.317 e. The second-order valence-corrected chi connectivity index (χ2v) is 5.39. The minimum absolute atomic E-state index is 0.0553. The Kier molecular flexibility index (Phi) is 2.85. The summed E-state index contributed by atoms with van der Waals surface area (Å²) in [4.78, 5) is 24.3. The van der Waals surface area contributed by atoms with Gasteiger partial charge in [-0.15, -0.1) is 0 Å². The van der Waals surface area contributed by atoms with Crippen LogP contribution in [-0.2, 0) is 0 Å². The molecule has 1 unspecified atom stereocenters. The lowest BCUT2D eigenvalue weighted by atomic mass is 10.2. The molecule has 2 aliphatic rings. The summed E-state index contributed by atoms with van der Waals surface area (Å²) in [6.07, 6.45) is 0. The molecule has 0 saturated carbocycles. The maximum atomic E-state index is 11.5. The molecule has 2 fully saturated rings. The molecule has 0 aliphatic carbocycles. The molecule has 2 saturated heterocycles. The zero-order valence-electron chi connectivity index (χ0n) is 10.1. The van der Waals surface area contributed by atoms with Gasteiger partial charge in [0.1, 0.15) is 16.2 Å². The first kappa shape index (κ1) is 11.7. The predicted molar refractivity (Wildman–Crippen MR) is 70.6 cm³/mol. The minimum Gasteiger partial charge on any atom is -0.353 e. The first-order valence-corrected chi connectivity index (χ1v) is 6.73. The average Bonchev–Trinajstić information content (AvgIpc) is 2.69. The van der Waals surface area contributed by atoms with Crippen molar-refractivity contribution in [3.63, 3.8) is 0 Å². The second kappa shape index (κ2) is 4.38. The second-order valence-electron chi connectivity index (χ2n) is 4.58. The molecule has 18 heavy (non-hydrogen) atoms. The number of piperazine rings is 1. The van der Waals surface area contributed by atoms with Crippen LogP contribution in [0.15, 0.2) is 10.7 Å². The molecule has 1 aromatic heterocycles. The highest BCUT2D eigenvalue weighted by atomic mass is 79.9. The van der Waals surface area contributed by atoms with Gasteiger partial charge < -0.3 is 15.1 Å². The highest BCUT2D eigenvalue weighted by Gasteiger charge is 2.35. The molecule has 3 heterocycles. The summed E-state index contributed by atoms with van der Waals surface area (Å²) >= 11 is 3.39. The van der Waals surface area contributed by atoms with Crippen molar-refractivity contribution in [3.05, 3.63) is 16.5 Å². The number of amides is 2. The number of carbonyl (C=O) groups excluding carboxylic acids is 1. The number of hydrogen-bond donors (Lipinski definition) is 1. The fourth-order valence-electron chi connectivity index (χ4n) is 2.49.